The van der Waals surface area contributed by atoms with Crippen LogP contribution in [-0.4, -0.2) is 30.1 Å². The van der Waals surface area contributed by atoms with E-state index in [9.17, 15) is 0 Å². The Kier molecular flexibility index (Phi) is 5.26. The Morgan fingerprint density at radius 2 is 2.11 bits per heavy atom. The topological polar surface area (TPSA) is 15.3 Å². The molecule has 2 atom stereocenters. The summed E-state index contributed by atoms with van der Waals surface area (Å²) in [6.07, 6.45) is 1.20. The van der Waals surface area contributed by atoms with E-state index in [1.807, 2.05) is 12.1 Å². The van der Waals surface area contributed by atoms with Crippen LogP contribution >= 0.6 is 11.6 Å². The summed E-state index contributed by atoms with van der Waals surface area (Å²) in [7, 11) is 0. The van der Waals surface area contributed by atoms with E-state index < -0.39 is 0 Å². The third-order valence-electron chi connectivity index (χ3n) is 4.16. The molecule has 2 nitrogen and oxygen atoms in total. The van der Waals surface area contributed by atoms with Crippen LogP contribution in [-0.2, 0) is 6.54 Å². The highest BCUT2D eigenvalue weighted by Crippen LogP contribution is 2.21. The van der Waals surface area contributed by atoms with Gasteiger partial charge in [0, 0.05) is 30.2 Å². The van der Waals surface area contributed by atoms with E-state index in [-0.39, 0.29) is 0 Å². The third kappa shape index (κ3) is 3.95. The minimum atomic E-state index is 0.576. The van der Waals surface area contributed by atoms with E-state index in [1.54, 1.807) is 0 Å². The SMILES string of the molecule is CC(C)C1CN(Cc2ccccc2Cl)C(C)CCN1. The second-order valence-corrected chi connectivity index (χ2v) is 6.37. The molecule has 1 saturated heterocycles. The largest absolute Gasteiger partial charge is 0.312 e. The van der Waals surface area contributed by atoms with Gasteiger partial charge in [0.05, 0.1) is 0 Å². The molecule has 0 aliphatic carbocycles. The van der Waals surface area contributed by atoms with Gasteiger partial charge >= 0.3 is 0 Å². The summed E-state index contributed by atoms with van der Waals surface area (Å²) in [5.74, 6) is 0.666. The van der Waals surface area contributed by atoms with Gasteiger partial charge in [-0.15, -0.1) is 0 Å². The van der Waals surface area contributed by atoms with Crippen molar-refractivity contribution >= 4 is 11.6 Å². The smallest absolute Gasteiger partial charge is 0.0451 e. The van der Waals surface area contributed by atoms with Crippen LogP contribution in [0.5, 0.6) is 0 Å². The Labute approximate surface area is 122 Å². The number of rotatable bonds is 3. The first kappa shape index (κ1) is 14.8. The van der Waals surface area contributed by atoms with Crippen LogP contribution in [0.3, 0.4) is 0 Å². The molecule has 1 aromatic rings. The standard InChI is InChI=1S/C16H25ClN2/c1-12(2)16-11-19(13(3)8-9-18-16)10-14-6-4-5-7-15(14)17/h4-7,12-13,16,18H,8-11H2,1-3H3. The highest BCUT2D eigenvalue weighted by molar-refractivity contribution is 6.31. The summed E-state index contributed by atoms with van der Waals surface area (Å²) >= 11 is 6.29. The summed E-state index contributed by atoms with van der Waals surface area (Å²) in [6.45, 7) is 10.1. The van der Waals surface area contributed by atoms with Crippen molar-refractivity contribution in [2.45, 2.75) is 45.8 Å². The van der Waals surface area contributed by atoms with Crippen LogP contribution in [0.1, 0.15) is 32.8 Å². The molecule has 1 aromatic carbocycles. The average molecular weight is 281 g/mol. The van der Waals surface area contributed by atoms with E-state index in [0.717, 1.165) is 24.7 Å². The maximum atomic E-state index is 6.29. The van der Waals surface area contributed by atoms with E-state index >= 15 is 0 Å². The Bertz CT molecular complexity index is 405. The summed E-state index contributed by atoms with van der Waals surface area (Å²) < 4.78 is 0. The molecule has 106 valence electrons. The predicted molar refractivity (Wildman–Crippen MR) is 82.6 cm³/mol. The number of hydrogen-bond donors (Lipinski definition) is 1. The zero-order chi connectivity index (χ0) is 13.8. The van der Waals surface area contributed by atoms with Crippen LogP contribution in [0.4, 0.5) is 0 Å². The normalized spacial score (nSPS) is 25.5. The quantitative estimate of drug-likeness (QED) is 0.911. The second kappa shape index (κ2) is 6.74. The van der Waals surface area contributed by atoms with Crippen LogP contribution in [0, 0.1) is 5.92 Å². The molecule has 1 heterocycles. The van der Waals surface area contributed by atoms with Crippen molar-refractivity contribution in [3.05, 3.63) is 34.9 Å². The minimum Gasteiger partial charge on any atom is -0.312 e. The van der Waals surface area contributed by atoms with Crippen LogP contribution in [0.25, 0.3) is 0 Å². The summed E-state index contributed by atoms with van der Waals surface area (Å²) in [6, 6.07) is 9.37. The van der Waals surface area contributed by atoms with E-state index in [4.69, 9.17) is 11.6 Å². The van der Waals surface area contributed by atoms with Crippen molar-refractivity contribution in [3.8, 4) is 0 Å². The summed E-state index contributed by atoms with van der Waals surface area (Å²) in [5, 5.41) is 4.55. The first-order valence-corrected chi connectivity index (χ1v) is 7.66. The van der Waals surface area contributed by atoms with Crippen molar-refractivity contribution in [2.75, 3.05) is 13.1 Å². The van der Waals surface area contributed by atoms with Crippen LogP contribution in [0.15, 0.2) is 24.3 Å². The molecule has 0 saturated carbocycles. The number of nitrogens with zero attached hydrogens (tertiary/aromatic N) is 1. The number of hydrogen-bond acceptors (Lipinski definition) is 2. The van der Waals surface area contributed by atoms with E-state index in [2.05, 4.69) is 43.1 Å². The lowest BCUT2D eigenvalue weighted by Gasteiger charge is -2.30. The molecule has 1 N–H and O–H groups in total. The number of halogens is 1. The molecule has 3 heteroatoms. The lowest BCUT2D eigenvalue weighted by Crippen LogP contribution is -2.42. The Morgan fingerprint density at radius 3 is 2.79 bits per heavy atom. The maximum Gasteiger partial charge on any atom is 0.0451 e. The molecule has 0 bridgehead atoms. The van der Waals surface area contributed by atoms with Gasteiger partial charge in [0.1, 0.15) is 0 Å². The summed E-state index contributed by atoms with van der Waals surface area (Å²) in [4.78, 5) is 2.56. The highest BCUT2D eigenvalue weighted by Gasteiger charge is 2.24. The Hall–Kier alpha value is -0.570. The molecule has 0 aromatic heterocycles. The molecule has 1 aliphatic rings. The predicted octanol–water partition coefficient (Wildman–Crippen LogP) is 3.55. The molecule has 0 spiro atoms. The highest BCUT2D eigenvalue weighted by atomic mass is 35.5. The molecular formula is C16H25ClN2. The van der Waals surface area contributed by atoms with Crippen molar-refractivity contribution in [2.24, 2.45) is 5.92 Å². The Balaban J connectivity index is 2.09. The van der Waals surface area contributed by atoms with Gasteiger partial charge in [0.25, 0.3) is 0 Å². The molecule has 2 unspecified atom stereocenters. The van der Waals surface area contributed by atoms with Crippen LogP contribution in [0.2, 0.25) is 5.02 Å². The second-order valence-electron chi connectivity index (χ2n) is 5.96. The van der Waals surface area contributed by atoms with Gasteiger partial charge in [-0.05, 0) is 37.4 Å². The molecule has 0 radical (unpaired) electrons. The molecule has 1 aliphatic heterocycles. The van der Waals surface area contributed by atoms with Crippen molar-refractivity contribution in [1.82, 2.24) is 10.2 Å². The fourth-order valence-corrected chi connectivity index (χ4v) is 2.87. The van der Waals surface area contributed by atoms with Gasteiger partial charge in [-0.3, -0.25) is 4.90 Å². The monoisotopic (exact) mass is 280 g/mol. The molecule has 1 fully saturated rings. The third-order valence-corrected chi connectivity index (χ3v) is 4.53. The molecule has 0 amide bonds. The van der Waals surface area contributed by atoms with Gasteiger partial charge in [0.2, 0.25) is 0 Å². The average Bonchev–Trinajstić information content (AvgIpc) is 2.55. The lowest BCUT2D eigenvalue weighted by atomic mass is 10.0. The minimum absolute atomic E-state index is 0.576. The first-order valence-electron chi connectivity index (χ1n) is 7.28. The fraction of sp³-hybridized carbons (Fsp3) is 0.625. The van der Waals surface area contributed by atoms with Gasteiger partial charge in [-0.25, -0.2) is 0 Å². The van der Waals surface area contributed by atoms with Crippen molar-refractivity contribution in [1.29, 1.82) is 0 Å². The van der Waals surface area contributed by atoms with Crippen LogP contribution < -0.4 is 5.32 Å². The molecule has 19 heavy (non-hydrogen) atoms. The van der Waals surface area contributed by atoms with E-state index in [0.29, 0.717) is 18.0 Å². The lowest BCUT2D eigenvalue weighted by molar-refractivity contribution is 0.184. The summed E-state index contributed by atoms with van der Waals surface area (Å²) in [5.41, 5.74) is 1.24. The zero-order valence-electron chi connectivity index (χ0n) is 12.2. The maximum absolute atomic E-state index is 6.29. The fourth-order valence-electron chi connectivity index (χ4n) is 2.67. The van der Waals surface area contributed by atoms with Gasteiger partial charge < -0.3 is 5.32 Å². The van der Waals surface area contributed by atoms with Crippen molar-refractivity contribution in [3.63, 3.8) is 0 Å². The Morgan fingerprint density at radius 1 is 1.37 bits per heavy atom. The van der Waals surface area contributed by atoms with Gasteiger partial charge in [-0.2, -0.15) is 0 Å². The number of benzene rings is 1. The first-order chi connectivity index (χ1) is 9.08. The van der Waals surface area contributed by atoms with Gasteiger partial charge in [0.15, 0.2) is 0 Å². The zero-order valence-corrected chi connectivity index (χ0v) is 13.0. The molecule has 2 rings (SSSR count). The van der Waals surface area contributed by atoms with Gasteiger partial charge in [-0.1, -0.05) is 43.6 Å². The molecular weight excluding hydrogens is 256 g/mol. The number of nitrogens with one attached hydrogen (secondary N) is 1. The van der Waals surface area contributed by atoms with Crippen molar-refractivity contribution < 1.29 is 0 Å². The van der Waals surface area contributed by atoms with E-state index in [1.165, 1.54) is 12.0 Å².